The van der Waals surface area contributed by atoms with E-state index in [4.69, 9.17) is 9.52 Å². The van der Waals surface area contributed by atoms with E-state index in [-0.39, 0.29) is 11.7 Å². The van der Waals surface area contributed by atoms with Gasteiger partial charge in [0.2, 0.25) is 0 Å². The van der Waals surface area contributed by atoms with Gasteiger partial charge in [-0.1, -0.05) is 13.8 Å². The summed E-state index contributed by atoms with van der Waals surface area (Å²) in [7, 11) is 0. The van der Waals surface area contributed by atoms with Crippen LogP contribution in [0.25, 0.3) is 0 Å². The Hall–Kier alpha value is -1.82. The first-order valence-electron chi connectivity index (χ1n) is 7.32. The van der Waals surface area contributed by atoms with E-state index in [1.165, 1.54) is 12.8 Å². The van der Waals surface area contributed by atoms with Gasteiger partial charge in [-0.05, 0) is 44.0 Å². The summed E-state index contributed by atoms with van der Waals surface area (Å²) in [5, 5.41) is 11.6. The average Bonchev–Trinajstić information content (AvgIpc) is 3.07. The van der Waals surface area contributed by atoms with Crippen molar-refractivity contribution in [1.29, 1.82) is 0 Å². The Bertz CT molecular complexity index is 504. The second kappa shape index (κ2) is 6.76. The summed E-state index contributed by atoms with van der Waals surface area (Å²) in [5.41, 5.74) is 0. The van der Waals surface area contributed by atoms with Gasteiger partial charge in [-0.2, -0.15) is 0 Å². The van der Waals surface area contributed by atoms with Crippen LogP contribution in [0.4, 0.5) is 0 Å². The van der Waals surface area contributed by atoms with Crippen molar-refractivity contribution in [2.75, 3.05) is 13.1 Å². The van der Waals surface area contributed by atoms with Crippen LogP contribution < -0.4 is 5.32 Å². The maximum absolute atomic E-state index is 12.0. The minimum absolute atomic E-state index is 0.163. The van der Waals surface area contributed by atoms with Gasteiger partial charge in [-0.3, -0.25) is 9.69 Å². The third-order valence-electron chi connectivity index (χ3n) is 3.68. The molecule has 0 radical (unpaired) electrons. The molecule has 1 unspecified atom stereocenters. The number of rotatable bonds is 6. The lowest BCUT2D eigenvalue weighted by atomic mass is 10.0. The van der Waals surface area contributed by atoms with Gasteiger partial charge < -0.3 is 14.8 Å². The number of nitrogens with one attached hydrogen (secondary N) is 1. The Labute approximate surface area is 124 Å². The molecule has 0 saturated carbocycles. The van der Waals surface area contributed by atoms with Gasteiger partial charge in [-0.25, -0.2) is 4.79 Å². The van der Waals surface area contributed by atoms with Crippen molar-refractivity contribution in [1.82, 2.24) is 10.2 Å². The average molecular weight is 294 g/mol. The van der Waals surface area contributed by atoms with E-state index in [1.54, 1.807) is 26.0 Å². The molecule has 0 aliphatic carbocycles. The minimum Gasteiger partial charge on any atom is -0.480 e. The highest BCUT2D eigenvalue weighted by molar-refractivity contribution is 5.94. The summed E-state index contributed by atoms with van der Waals surface area (Å²) in [4.78, 5) is 25.4. The van der Waals surface area contributed by atoms with E-state index < -0.39 is 17.9 Å². The van der Waals surface area contributed by atoms with Crippen LogP contribution in [-0.4, -0.2) is 41.0 Å². The van der Waals surface area contributed by atoms with Crippen molar-refractivity contribution in [3.63, 3.8) is 0 Å². The van der Waals surface area contributed by atoms with Gasteiger partial charge >= 0.3 is 5.97 Å². The number of carboxylic acids is 1. The lowest BCUT2D eigenvalue weighted by Gasteiger charge is -2.17. The lowest BCUT2D eigenvalue weighted by molar-refractivity contribution is -0.140. The smallest absolute Gasteiger partial charge is 0.326 e. The molecule has 0 aromatic carbocycles. The second-order valence-electron chi connectivity index (χ2n) is 5.78. The fraction of sp³-hybridized carbons (Fsp3) is 0.600. The van der Waals surface area contributed by atoms with Crippen LogP contribution in [0.2, 0.25) is 0 Å². The fourth-order valence-corrected chi connectivity index (χ4v) is 2.47. The Morgan fingerprint density at radius 3 is 2.57 bits per heavy atom. The minimum atomic E-state index is -1.04. The van der Waals surface area contributed by atoms with Gasteiger partial charge in [-0.15, -0.1) is 0 Å². The monoisotopic (exact) mass is 294 g/mol. The molecule has 0 bridgehead atoms. The summed E-state index contributed by atoms with van der Waals surface area (Å²) in [5.74, 6) is -0.814. The Morgan fingerprint density at radius 2 is 2.00 bits per heavy atom. The SMILES string of the molecule is CC(C)C(NC(=O)c1ccc(CN2CCCC2)o1)C(=O)O. The molecule has 2 N–H and O–H groups in total. The number of furan rings is 1. The molecular formula is C15H22N2O4. The van der Waals surface area contributed by atoms with Crippen molar-refractivity contribution >= 4 is 11.9 Å². The predicted molar refractivity (Wildman–Crippen MR) is 76.9 cm³/mol. The number of hydrogen-bond acceptors (Lipinski definition) is 4. The molecule has 1 saturated heterocycles. The number of carbonyl (C=O) groups is 2. The first-order chi connectivity index (χ1) is 9.97. The molecule has 6 heteroatoms. The second-order valence-corrected chi connectivity index (χ2v) is 5.78. The first-order valence-corrected chi connectivity index (χ1v) is 7.32. The molecule has 6 nitrogen and oxygen atoms in total. The summed E-state index contributed by atoms with van der Waals surface area (Å²) in [6, 6.07) is 2.46. The molecule has 21 heavy (non-hydrogen) atoms. The molecule has 1 amide bonds. The number of carboxylic acid groups (broad SMARTS) is 1. The van der Waals surface area contributed by atoms with Gasteiger partial charge in [0.15, 0.2) is 5.76 Å². The van der Waals surface area contributed by atoms with Gasteiger partial charge in [0, 0.05) is 0 Å². The summed E-state index contributed by atoms with van der Waals surface area (Å²) >= 11 is 0. The van der Waals surface area contributed by atoms with Crippen LogP contribution in [0, 0.1) is 5.92 Å². The molecule has 0 spiro atoms. The number of hydrogen-bond donors (Lipinski definition) is 2. The van der Waals surface area contributed by atoms with Crippen LogP contribution in [0.3, 0.4) is 0 Å². The predicted octanol–water partition coefficient (Wildman–Crippen LogP) is 1.71. The zero-order valence-corrected chi connectivity index (χ0v) is 12.5. The van der Waals surface area contributed by atoms with E-state index in [1.807, 2.05) is 0 Å². The molecule has 1 fully saturated rings. The van der Waals surface area contributed by atoms with Crippen LogP contribution in [0.5, 0.6) is 0 Å². The van der Waals surface area contributed by atoms with Crippen molar-refractivity contribution in [3.8, 4) is 0 Å². The number of amides is 1. The Balaban J connectivity index is 1.96. The highest BCUT2D eigenvalue weighted by Gasteiger charge is 2.25. The highest BCUT2D eigenvalue weighted by Crippen LogP contribution is 2.15. The van der Waals surface area contributed by atoms with Crippen molar-refractivity contribution < 1.29 is 19.1 Å². The zero-order chi connectivity index (χ0) is 15.4. The van der Waals surface area contributed by atoms with Gasteiger partial charge in [0.25, 0.3) is 5.91 Å². The fourth-order valence-electron chi connectivity index (χ4n) is 2.47. The standard InChI is InChI=1S/C15H22N2O4/c1-10(2)13(15(19)20)16-14(18)12-6-5-11(21-12)9-17-7-3-4-8-17/h5-6,10,13H,3-4,7-9H2,1-2H3,(H,16,18)(H,19,20). The molecule has 116 valence electrons. The molecule has 1 atom stereocenters. The maximum atomic E-state index is 12.0. The van der Waals surface area contributed by atoms with Crippen molar-refractivity contribution in [2.45, 2.75) is 39.3 Å². The molecule has 2 rings (SSSR count). The summed E-state index contributed by atoms with van der Waals surface area (Å²) in [6.07, 6.45) is 2.39. The van der Waals surface area contributed by atoms with E-state index in [2.05, 4.69) is 10.2 Å². The van der Waals surface area contributed by atoms with Gasteiger partial charge in [0.05, 0.1) is 6.54 Å². The number of nitrogens with zero attached hydrogens (tertiary/aromatic N) is 1. The lowest BCUT2D eigenvalue weighted by Crippen LogP contribution is -2.44. The van der Waals surface area contributed by atoms with Crippen LogP contribution >= 0.6 is 0 Å². The first kappa shape index (κ1) is 15.6. The third-order valence-corrected chi connectivity index (χ3v) is 3.68. The number of carbonyl (C=O) groups excluding carboxylic acids is 1. The van der Waals surface area contributed by atoms with Crippen molar-refractivity contribution in [2.24, 2.45) is 5.92 Å². The van der Waals surface area contributed by atoms with Crippen LogP contribution in [0.15, 0.2) is 16.5 Å². The quantitative estimate of drug-likeness (QED) is 0.834. The molecule has 1 aromatic heterocycles. The van der Waals surface area contributed by atoms with Crippen molar-refractivity contribution in [3.05, 3.63) is 23.7 Å². The molecule has 1 aliphatic heterocycles. The number of likely N-dealkylation sites (tertiary alicyclic amines) is 1. The molecule has 2 heterocycles. The van der Waals surface area contributed by atoms with E-state index in [0.29, 0.717) is 6.54 Å². The van der Waals surface area contributed by atoms with Crippen LogP contribution in [-0.2, 0) is 11.3 Å². The van der Waals surface area contributed by atoms with Crippen LogP contribution in [0.1, 0.15) is 43.0 Å². The summed E-state index contributed by atoms with van der Waals surface area (Å²) in [6.45, 7) is 6.30. The van der Waals surface area contributed by atoms with E-state index in [0.717, 1.165) is 18.8 Å². The highest BCUT2D eigenvalue weighted by atomic mass is 16.4. The molecular weight excluding hydrogens is 272 g/mol. The zero-order valence-electron chi connectivity index (χ0n) is 12.5. The topological polar surface area (TPSA) is 82.8 Å². The Kier molecular flexibility index (Phi) is 5.01. The number of aliphatic carboxylic acids is 1. The largest absolute Gasteiger partial charge is 0.480 e. The summed E-state index contributed by atoms with van der Waals surface area (Å²) < 4.78 is 5.52. The van der Waals surface area contributed by atoms with E-state index >= 15 is 0 Å². The van der Waals surface area contributed by atoms with Gasteiger partial charge in [0.1, 0.15) is 11.8 Å². The van der Waals surface area contributed by atoms with E-state index in [9.17, 15) is 9.59 Å². The normalized spacial score (nSPS) is 17.1. The Morgan fingerprint density at radius 1 is 1.33 bits per heavy atom. The molecule has 1 aromatic rings. The molecule has 1 aliphatic rings. The maximum Gasteiger partial charge on any atom is 0.326 e. The third kappa shape index (κ3) is 4.07.